The summed E-state index contributed by atoms with van der Waals surface area (Å²) in [7, 11) is 0. The van der Waals surface area contributed by atoms with Crippen LogP contribution in [0.1, 0.15) is 33.6 Å². The molecule has 2 aliphatic heterocycles. The van der Waals surface area contributed by atoms with Gasteiger partial charge in [0.1, 0.15) is 0 Å². The van der Waals surface area contributed by atoms with E-state index in [1.54, 1.807) is 0 Å². The number of hydrogen-bond acceptors (Lipinski definition) is 3. The van der Waals surface area contributed by atoms with E-state index in [0.717, 1.165) is 12.1 Å². The van der Waals surface area contributed by atoms with Gasteiger partial charge in [0, 0.05) is 36.5 Å². The van der Waals surface area contributed by atoms with Crippen molar-refractivity contribution in [2.24, 2.45) is 0 Å². The van der Waals surface area contributed by atoms with Crippen molar-refractivity contribution in [2.75, 3.05) is 24.6 Å². The molecule has 2 rings (SSSR count). The summed E-state index contributed by atoms with van der Waals surface area (Å²) in [5, 5.41) is 3.66. The molecule has 0 radical (unpaired) electrons. The minimum absolute atomic E-state index is 0.304. The highest BCUT2D eigenvalue weighted by Gasteiger charge is 2.36. The highest BCUT2D eigenvalue weighted by atomic mass is 32.2. The van der Waals surface area contributed by atoms with E-state index in [2.05, 4.69) is 42.7 Å². The molecule has 2 heterocycles. The smallest absolute Gasteiger partial charge is 0.0253 e. The molecule has 0 bridgehead atoms. The van der Waals surface area contributed by atoms with Crippen LogP contribution < -0.4 is 5.32 Å². The van der Waals surface area contributed by atoms with Gasteiger partial charge in [0.25, 0.3) is 0 Å². The van der Waals surface area contributed by atoms with Crippen molar-refractivity contribution >= 4 is 11.8 Å². The molecule has 0 aliphatic carbocycles. The van der Waals surface area contributed by atoms with Crippen LogP contribution >= 0.6 is 11.8 Å². The normalized spacial score (nSPS) is 37.0. The number of hydrogen-bond donors (Lipinski definition) is 1. The molecule has 2 atom stereocenters. The number of nitrogens with zero attached hydrogens (tertiary/aromatic N) is 1. The third kappa shape index (κ3) is 2.69. The minimum Gasteiger partial charge on any atom is -0.309 e. The second-order valence-electron chi connectivity index (χ2n) is 5.52. The van der Waals surface area contributed by atoms with Crippen molar-refractivity contribution in [3.63, 3.8) is 0 Å². The van der Waals surface area contributed by atoms with Gasteiger partial charge in [-0.05, 0) is 32.4 Å². The summed E-state index contributed by atoms with van der Waals surface area (Å²) in [5.74, 6) is 2.72. The zero-order chi connectivity index (χ0) is 10.9. The lowest BCUT2D eigenvalue weighted by Crippen LogP contribution is -2.63. The fourth-order valence-corrected chi connectivity index (χ4v) is 3.98. The van der Waals surface area contributed by atoms with E-state index in [9.17, 15) is 0 Å². The van der Waals surface area contributed by atoms with E-state index in [1.165, 1.54) is 37.4 Å². The Hall–Kier alpha value is 0.270. The Balaban J connectivity index is 2.03. The largest absolute Gasteiger partial charge is 0.309 e. The third-order valence-electron chi connectivity index (χ3n) is 3.71. The molecule has 3 heteroatoms. The van der Waals surface area contributed by atoms with Gasteiger partial charge in [0.2, 0.25) is 0 Å². The number of piperazine rings is 1. The zero-order valence-electron chi connectivity index (χ0n) is 10.3. The lowest BCUT2D eigenvalue weighted by Gasteiger charge is -2.47. The van der Waals surface area contributed by atoms with Gasteiger partial charge in [-0.25, -0.2) is 0 Å². The first-order valence-electron chi connectivity index (χ1n) is 6.21. The molecule has 88 valence electrons. The molecule has 2 aliphatic rings. The molecule has 0 spiro atoms. The van der Waals surface area contributed by atoms with Crippen molar-refractivity contribution < 1.29 is 0 Å². The fraction of sp³-hybridized carbons (Fsp3) is 1.00. The number of nitrogens with one attached hydrogen (secondary N) is 1. The summed E-state index contributed by atoms with van der Waals surface area (Å²) in [4.78, 5) is 2.77. The van der Waals surface area contributed by atoms with Gasteiger partial charge in [0.05, 0.1) is 0 Å². The van der Waals surface area contributed by atoms with Crippen LogP contribution in [-0.2, 0) is 0 Å². The Bertz CT molecular complexity index is 210. The van der Waals surface area contributed by atoms with Crippen LogP contribution in [0.3, 0.4) is 0 Å². The first-order valence-corrected chi connectivity index (χ1v) is 7.36. The summed E-state index contributed by atoms with van der Waals surface area (Å²) in [6, 6.07) is 1.61. The van der Waals surface area contributed by atoms with E-state index in [0.29, 0.717) is 5.54 Å². The van der Waals surface area contributed by atoms with Crippen molar-refractivity contribution in [1.82, 2.24) is 10.2 Å². The SMILES string of the molecule is CCC1CNC(C)(C)CN1C1CCSC1. The van der Waals surface area contributed by atoms with Crippen LogP contribution in [0.15, 0.2) is 0 Å². The molecular weight excluding hydrogens is 204 g/mol. The Morgan fingerprint density at radius 1 is 1.47 bits per heavy atom. The van der Waals surface area contributed by atoms with Crippen molar-refractivity contribution in [3.05, 3.63) is 0 Å². The van der Waals surface area contributed by atoms with Crippen molar-refractivity contribution in [1.29, 1.82) is 0 Å². The molecule has 0 saturated carbocycles. The van der Waals surface area contributed by atoms with Crippen molar-refractivity contribution in [2.45, 2.75) is 51.2 Å². The average molecular weight is 228 g/mol. The van der Waals surface area contributed by atoms with Crippen molar-refractivity contribution in [3.8, 4) is 0 Å². The Labute approximate surface area is 98.2 Å². The summed E-state index contributed by atoms with van der Waals surface area (Å²) in [6.07, 6.45) is 2.68. The third-order valence-corrected chi connectivity index (χ3v) is 4.85. The molecule has 15 heavy (non-hydrogen) atoms. The molecule has 2 fully saturated rings. The monoisotopic (exact) mass is 228 g/mol. The number of thioether (sulfide) groups is 1. The van der Waals surface area contributed by atoms with E-state index >= 15 is 0 Å². The molecule has 0 aromatic carbocycles. The lowest BCUT2D eigenvalue weighted by molar-refractivity contribution is 0.0611. The maximum Gasteiger partial charge on any atom is 0.0253 e. The van der Waals surface area contributed by atoms with Gasteiger partial charge < -0.3 is 5.32 Å². The van der Waals surface area contributed by atoms with E-state index in [4.69, 9.17) is 0 Å². The van der Waals surface area contributed by atoms with Crippen LogP contribution in [-0.4, -0.2) is 47.1 Å². The molecule has 2 nitrogen and oxygen atoms in total. The lowest BCUT2D eigenvalue weighted by atomic mass is 9.95. The Morgan fingerprint density at radius 2 is 2.27 bits per heavy atom. The summed E-state index contributed by atoms with van der Waals surface area (Å²) < 4.78 is 0. The molecule has 2 unspecified atom stereocenters. The van der Waals surface area contributed by atoms with Gasteiger partial charge >= 0.3 is 0 Å². The second-order valence-corrected chi connectivity index (χ2v) is 6.67. The molecule has 0 amide bonds. The maximum absolute atomic E-state index is 3.66. The summed E-state index contributed by atoms with van der Waals surface area (Å²) in [6.45, 7) is 9.36. The quantitative estimate of drug-likeness (QED) is 0.778. The Kier molecular flexibility index (Phi) is 3.63. The molecule has 1 N–H and O–H groups in total. The minimum atomic E-state index is 0.304. The summed E-state index contributed by atoms with van der Waals surface area (Å²) in [5.41, 5.74) is 0.304. The van der Waals surface area contributed by atoms with Crippen LogP contribution in [0.4, 0.5) is 0 Å². The van der Waals surface area contributed by atoms with Gasteiger partial charge in [0.15, 0.2) is 0 Å². The van der Waals surface area contributed by atoms with Crippen LogP contribution in [0.25, 0.3) is 0 Å². The molecular formula is C12H24N2S. The molecule has 0 aromatic rings. The van der Waals surface area contributed by atoms with Gasteiger partial charge in [-0.1, -0.05) is 6.92 Å². The second kappa shape index (κ2) is 4.64. The van der Waals surface area contributed by atoms with E-state index in [-0.39, 0.29) is 0 Å². The van der Waals surface area contributed by atoms with Crippen LogP contribution in [0.2, 0.25) is 0 Å². The molecule has 2 saturated heterocycles. The zero-order valence-corrected chi connectivity index (χ0v) is 11.1. The fourth-order valence-electron chi connectivity index (χ4n) is 2.74. The first kappa shape index (κ1) is 11.7. The van der Waals surface area contributed by atoms with E-state index in [1.807, 2.05) is 0 Å². The van der Waals surface area contributed by atoms with E-state index < -0.39 is 0 Å². The predicted molar refractivity (Wildman–Crippen MR) is 68.6 cm³/mol. The van der Waals surface area contributed by atoms with Gasteiger partial charge in [-0.15, -0.1) is 0 Å². The standard InChI is InChI=1S/C12H24N2S/c1-4-10-7-13-12(2,3)9-14(10)11-5-6-15-8-11/h10-11,13H,4-9H2,1-3H3. The molecule has 0 aromatic heterocycles. The van der Waals surface area contributed by atoms with Gasteiger partial charge in [-0.2, -0.15) is 11.8 Å². The highest BCUT2D eigenvalue weighted by Crippen LogP contribution is 2.28. The topological polar surface area (TPSA) is 15.3 Å². The number of rotatable bonds is 2. The summed E-state index contributed by atoms with van der Waals surface area (Å²) >= 11 is 2.13. The highest BCUT2D eigenvalue weighted by molar-refractivity contribution is 7.99. The van der Waals surface area contributed by atoms with Crippen LogP contribution in [0, 0.1) is 0 Å². The maximum atomic E-state index is 3.66. The Morgan fingerprint density at radius 3 is 2.87 bits per heavy atom. The van der Waals surface area contributed by atoms with Crippen LogP contribution in [0.5, 0.6) is 0 Å². The first-order chi connectivity index (χ1) is 7.12. The average Bonchev–Trinajstić information content (AvgIpc) is 2.69. The van der Waals surface area contributed by atoms with Gasteiger partial charge in [-0.3, -0.25) is 4.90 Å². The predicted octanol–water partition coefficient (Wildman–Crippen LogP) is 1.95.